The smallest absolute Gasteiger partial charge is 0.238 e. The minimum atomic E-state index is -3.74. The largest absolute Gasteiger partial charge is 0.343 e. The molecule has 0 atom stereocenters. The number of hydrogen-bond acceptors (Lipinski definition) is 5. The molecule has 1 aliphatic heterocycles. The van der Waals surface area contributed by atoms with Gasteiger partial charge in [0, 0.05) is 23.7 Å². The van der Waals surface area contributed by atoms with Crippen molar-refractivity contribution in [3.8, 4) is 21.7 Å². The minimum absolute atomic E-state index is 0.0895. The molecule has 8 heteroatoms. The lowest BCUT2D eigenvalue weighted by molar-refractivity contribution is 0.598. The highest BCUT2D eigenvalue weighted by atomic mass is 35.5. The van der Waals surface area contributed by atoms with E-state index in [1.54, 1.807) is 23.5 Å². The third kappa shape index (κ3) is 4.17. The maximum absolute atomic E-state index is 11.7. The Morgan fingerprint density at radius 2 is 1.56 bits per heavy atom. The van der Waals surface area contributed by atoms with E-state index in [9.17, 15) is 8.42 Å². The van der Waals surface area contributed by atoms with Crippen molar-refractivity contribution >= 4 is 38.1 Å². The summed E-state index contributed by atoms with van der Waals surface area (Å²) in [5.74, 6) is 0. The van der Waals surface area contributed by atoms with Gasteiger partial charge in [0.15, 0.2) is 5.13 Å². The first kappa shape index (κ1) is 21.2. The lowest BCUT2D eigenvalue weighted by atomic mass is 10.0. The second-order valence-electron chi connectivity index (χ2n) is 7.69. The Balaban J connectivity index is 1.58. The summed E-state index contributed by atoms with van der Waals surface area (Å²) < 4.78 is 23.3. The average Bonchev–Trinajstić information content (AvgIpc) is 3.24. The number of nitrogens with two attached hydrogens (primary N) is 1. The van der Waals surface area contributed by atoms with Gasteiger partial charge in [-0.15, -0.1) is 0 Å². The highest BCUT2D eigenvalue weighted by Crippen LogP contribution is 2.41. The summed E-state index contributed by atoms with van der Waals surface area (Å²) in [6.45, 7) is 1.71. The Morgan fingerprint density at radius 3 is 2.25 bits per heavy atom. The van der Waals surface area contributed by atoms with Crippen molar-refractivity contribution in [3.63, 3.8) is 0 Å². The molecule has 32 heavy (non-hydrogen) atoms. The topological polar surface area (TPSA) is 76.3 Å². The predicted octanol–water partition coefficient (Wildman–Crippen LogP) is 5.34. The second kappa shape index (κ2) is 8.33. The first-order chi connectivity index (χ1) is 15.4. The van der Waals surface area contributed by atoms with E-state index in [1.807, 2.05) is 24.3 Å². The SMILES string of the molecule is NS(=O)(=O)c1ccc(-c2sc(N3CCc4ccccc4C3)nc2-c2ccc(Cl)cc2)cc1. The Morgan fingerprint density at radius 1 is 0.906 bits per heavy atom. The van der Waals surface area contributed by atoms with Crippen LogP contribution in [0.15, 0.2) is 77.7 Å². The molecule has 0 aliphatic carbocycles. The number of aromatic nitrogens is 1. The van der Waals surface area contributed by atoms with E-state index in [0.29, 0.717) is 5.02 Å². The van der Waals surface area contributed by atoms with Crippen molar-refractivity contribution in [1.82, 2.24) is 4.98 Å². The average molecular weight is 482 g/mol. The van der Waals surface area contributed by atoms with Gasteiger partial charge in [-0.05, 0) is 47.4 Å². The van der Waals surface area contributed by atoms with E-state index in [1.165, 1.54) is 23.3 Å². The van der Waals surface area contributed by atoms with Gasteiger partial charge >= 0.3 is 0 Å². The molecule has 162 valence electrons. The fraction of sp³-hybridized carbons (Fsp3) is 0.125. The molecule has 1 aromatic heterocycles. The van der Waals surface area contributed by atoms with Crippen molar-refractivity contribution in [3.05, 3.63) is 88.9 Å². The molecule has 0 bridgehead atoms. The number of anilines is 1. The van der Waals surface area contributed by atoms with Crippen LogP contribution in [-0.2, 0) is 23.0 Å². The number of benzene rings is 3. The molecule has 4 aromatic rings. The number of sulfonamides is 1. The number of hydrogen-bond donors (Lipinski definition) is 1. The standard InChI is InChI=1S/C24H20ClN3O2S2/c25-20-9-5-17(6-10-20)22-23(18-7-11-21(12-8-18)32(26,29)30)31-24(27-22)28-14-13-16-3-1-2-4-19(16)15-28/h1-12H,13-15H2,(H2,26,29,30). The van der Waals surface area contributed by atoms with Gasteiger partial charge in [0.2, 0.25) is 10.0 Å². The van der Waals surface area contributed by atoms with E-state index in [0.717, 1.165) is 46.3 Å². The van der Waals surface area contributed by atoms with Crippen molar-refractivity contribution in [2.45, 2.75) is 17.9 Å². The molecule has 5 rings (SSSR count). The van der Waals surface area contributed by atoms with Gasteiger partial charge in [0.05, 0.1) is 15.5 Å². The summed E-state index contributed by atoms with van der Waals surface area (Å²) in [5, 5.41) is 6.87. The molecular formula is C24H20ClN3O2S2. The highest BCUT2D eigenvalue weighted by Gasteiger charge is 2.22. The Kier molecular flexibility index (Phi) is 5.51. The van der Waals surface area contributed by atoms with Crippen LogP contribution < -0.4 is 10.0 Å². The molecule has 0 spiro atoms. The van der Waals surface area contributed by atoms with Gasteiger partial charge in [0.1, 0.15) is 0 Å². The van der Waals surface area contributed by atoms with Gasteiger partial charge in [-0.1, -0.05) is 71.5 Å². The molecular weight excluding hydrogens is 462 g/mol. The van der Waals surface area contributed by atoms with Gasteiger partial charge in [-0.25, -0.2) is 18.5 Å². The molecule has 0 saturated carbocycles. The quantitative estimate of drug-likeness (QED) is 0.426. The Labute approximate surface area is 196 Å². The van der Waals surface area contributed by atoms with Crippen LogP contribution in [0.1, 0.15) is 11.1 Å². The molecule has 2 N–H and O–H groups in total. The first-order valence-electron chi connectivity index (χ1n) is 10.1. The van der Waals surface area contributed by atoms with E-state index in [2.05, 4.69) is 29.2 Å². The zero-order valence-corrected chi connectivity index (χ0v) is 19.4. The maximum atomic E-state index is 11.7. The molecule has 0 amide bonds. The summed E-state index contributed by atoms with van der Waals surface area (Å²) in [6, 6.07) is 22.7. The number of fused-ring (bicyclic) bond motifs is 1. The minimum Gasteiger partial charge on any atom is -0.343 e. The molecule has 3 aromatic carbocycles. The van der Waals surface area contributed by atoms with Crippen LogP contribution in [0.5, 0.6) is 0 Å². The monoisotopic (exact) mass is 481 g/mol. The zero-order chi connectivity index (χ0) is 22.3. The fourth-order valence-electron chi connectivity index (χ4n) is 3.90. The maximum Gasteiger partial charge on any atom is 0.238 e. The highest BCUT2D eigenvalue weighted by molar-refractivity contribution is 7.89. The van der Waals surface area contributed by atoms with Crippen molar-refractivity contribution in [2.24, 2.45) is 5.14 Å². The summed E-state index contributed by atoms with van der Waals surface area (Å²) in [7, 11) is -3.74. The number of primary sulfonamides is 1. The van der Waals surface area contributed by atoms with Crippen molar-refractivity contribution in [2.75, 3.05) is 11.4 Å². The third-order valence-corrected chi connectivity index (χ3v) is 7.93. The van der Waals surface area contributed by atoms with Crippen LogP contribution in [0.4, 0.5) is 5.13 Å². The van der Waals surface area contributed by atoms with E-state index in [4.69, 9.17) is 21.7 Å². The summed E-state index contributed by atoms with van der Waals surface area (Å²) in [5.41, 5.74) is 5.41. The Hall–Kier alpha value is -2.71. The molecule has 0 saturated heterocycles. The molecule has 2 heterocycles. The molecule has 5 nitrogen and oxygen atoms in total. The summed E-state index contributed by atoms with van der Waals surface area (Å²) >= 11 is 7.70. The van der Waals surface area contributed by atoms with Crippen molar-refractivity contribution < 1.29 is 8.42 Å². The van der Waals surface area contributed by atoms with E-state index >= 15 is 0 Å². The summed E-state index contributed by atoms with van der Waals surface area (Å²) in [6.07, 6.45) is 0.977. The van der Waals surface area contributed by atoms with Gasteiger partial charge in [-0.2, -0.15) is 0 Å². The van der Waals surface area contributed by atoms with E-state index < -0.39 is 10.0 Å². The van der Waals surface area contributed by atoms with Crippen LogP contribution in [0.3, 0.4) is 0 Å². The van der Waals surface area contributed by atoms with Crippen LogP contribution in [0, 0.1) is 0 Å². The molecule has 0 unspecified atom stereocenters. The molecule has 1 aliphatic rings. The van der Waals surface area contributed by atoms with Crippen LogP contribution >= 0.6 is 22.9 Å². The molecule has 0 fully saturated rings. The lowest BCUT2D eigenvalue weighted by Gasteiger charge is -2.28. The van der Waals surface area contributed by atoms with Crippen LogP contribution in [0.2, 0.25) is 5.02 Å². The number of halogens is 1. The number of thiazole rings is 1. The lowest BCUT2D eigenvalue weighted by Crippen LogP contribution is -2.30. The normalized spacial score (nSPS) is 13.8. The van der Waals surface area contributed by atoms with Gasteiger partial charge in [-0.3, -0.25) is 0 Å². The predicted molar refractivity (Wildman–Crippen MR) is 131 cm³/mol. The Bertz CT molecular complexity index is 1380. The van der Waals surface area contributed by atoms with E-state index in [-0.39, 0.29) is 4.90 Å². The molecule has 0 radical (unpaired) electrons. The first-order valence-corrected chi connectivity index (χ1v) is 12.8. The van der Waals surface area contributed by atoms with Crippen LogP contribution in [0.25, 0.3) is 21.7 Å². The fourth-order valence-corrected chi connectivity index (χ4v) is 5.66. The van der Waals surface area contributed by atoms with Gasteiger partial charge in [0.25, 0.3) is 0 Å². The third-order valence-electron chi connectivity index (χ3n) is 5.58. The number of nitrogens with zero attached hydrogens (tertiary/aromatic N) is 2. The van der Waals surface area contributed by atoms with Crippen LogP contribution in [-0.4, -0.2) is 19.9 Å². The number of rotatable bonds is 4. The second-order valence-corrected chi connectivity index (χ2v) is 10.7. The van der Waals surface area contributed by atoms with Gasteiger partial charge < -0.3 is 4.90 Å². The summed E-state index contributed by atoms with van der Waals surface area (Å²) in [4.78, 5) is 8.38. The zero-order valence-electron chi connectivity index (χ0n) is 17.0. The van der Waals surface area contributed by atoms with Crippen molar-refractivity contribution in [1.29, 1.82) is 0 Å².